The molecule has 0 radical (unpaired) electrons. The molecule has 3 N–H and O–H groups in total. The molecule has 0 atom stereocenters. The fourth-order valence-electron chi connectivity index (χ4n) is 4.68. The summed E-state index contributed by atoms with van der Waals surface area (Å²) in [5.74, 6) is -0.296. The predicted molar refractivity (Wildman–Crippen MR) is 172 cm³/mol. The maximum absolute atomic E-state index is 15.9. The fourth-order valence-corrected chi connectivity index (χ4v) is 6.29. The molecule has 0 fully saturated rings. The molecule has 4 aromatic heterocycles. The molecule has 0 aliphatic rings. The van der Waals surface area contributed by atoms with Crippen LogP contribution in [-0.2, 0) is 11.8 Å². The van der Waals surface area contributed by atoms with Gasteiger partial charge in [0.2, 0.25) is 0 Å². The van der Waals surface area contributed by atoms with E-state index in [1.165, 1.54) is 17.4 Å². The maximum atomic E-state index is 15.9. The summed E-state index contributed by atoms with van der Waals surface area (Å²) in [5, 5.41) is 7.91. The minimum Gasteiger partial charge on any atom is -0.423 e. The van der Waals surface area contributed by atoms with E-state index < -0.39 is 11.7 Å². The minimum atomic E-state index is -0.533. The summed E-state index contributed by atoms with van der Waals surface area (Å²) in [5.41, 5.74) is 11.2. The molecule has 0 aliphatic heterocycles. The molecular weight excluding hydrogens is 601 g/mol. The Morgan fingerprint density at radius 3 is 2.61 bits per heavy atom. The van der Waals surface area contributed by atoms with Gasteiger partial charge in [-0.3, -0.25) is 9.48 Å². The molecule has 9 nitrogen and oxygen atoms in total. The van der Waals surface area contributed by atoms with Crippen molar-refractivity contribution in [3.63, 3.8) is 0 Å². The van der Waals surface area contributed by atoms with Crippen LogP contribution < -0.4 is 15.8 Å². The highest BCUT2D eigenvalue weighted by atomic mass is 35.5. The number of carbonyl (C=O) groups excluding carboxylic acids is 1. The van der Waals surface area contributed by atoms with Crippen LogP contribution in [0.2, 0.25) is 5.02 Å². The van der Waals surface area contributed by atoms with Crippen molar-refractivity contribution in [2.45, 2.75) is 13.8 Å². The lowest BCUT2D eigenvalue weighted by Gasteiger charge is -2.12. The van der Waals surface area contributed by atoms with E-state index in [0.717, 1.165) is 21.5 Å². The average Bonchev–Trinajstić information content (AvgIpc) is 3.59. The molecule has 44 heavy (non-hydrogen) atoms. The number of rotatable bonds is 7. The van der Waals surface area contributed by atoms with Gasteiger partial charge in [-0.15, -0.1) is 11.3 Å². The van der Waals surface area contributed by atoms with Crippen molar-refractivity contribution in [1.29, 1.82) is 0 Å². The first-order valence-corrected chi connectivity index (χ1v) is 14.5. The Balaban J connectivity index is 1.54. The number of anilines is 2. The Labute approximate surface area is 260 Å². The Morgan fingerprint density at radius 2 is 1.93 bits per heavy atom. The van der Waals surface area contributed by atoms with Crippen molar-refractivity contribution < 1.29 is 13.9 Å². The van der Waals surface area contributed by atoms with Gasteiger partial charge in [0.1, 0.15) is 17.4 Å². The summed E-state index contributed by atoms with van der Waals surface area (Å²) in [6.45, 7) is 7.05. The van der Waals surface area contributed by atoms with Gasteiger partial charge in [-0.05, 0) is 55.8 Å². The quantitative estimate of drug-likeness (QED) is 0.174. The summed E-state index contributed by atoms with van der Waals surface area (Å²) in [6.07, 6.45) is 6.91. The first-order valence-electron chi connectivity index (χ1n) is 13.3. The van der Waals surface area contributed by atoms with Crippen molar-refractivity contribution >= 4 is 50.4 Å². The zero-order chi connectivity index (χ0) is 31.1. The molecule has 1 amide bonds. The lowest BCUT2D eigenvalue weighted by atomic mass is 9.97. The van der Waals surface area contributed by atoms with Gasteiger partial charge in [0.15, 0.2) is 0 Å². The van der Waals surface area contributed by atoms with Crippen LogP contribution in [0.25, 0.3) is 42.8 Å². The number of aryl methyl sites for hydroxylation is 2. The standard InChI is InChI=1S/C32H25ClFN7O2S/c1-16(2)31(42)40-20-6-7-21(24(34)12-20)28-26(18-5-8-25(23(33)11-18)43-32-36-10-9-17(3)39-32)27-29(44-28)22(14-37-30(27)35)19-13-38-41(4)15-19/h5-15H,1H2,2-4H3,(H2,35,37)(H,40,42). The molecule has 0 saturated carbocycles. The molecule has 6 rings (SSSR count). The molecule has 0 saturated heterocycles. The molecule has 0 aliphatic carbocycles. The second-order valence-corrected chi connectivity index (χ2v) is 11.6. The van der Waals surface area contributed by atoms with Crippen molar-refractivity contribution in [2.24, 2.45) is 7.05 Å². The SMILES string of the molecule is C=C(C)C(=O)Nc1ccc(-c2sc3c(-c4cnn(C)c4)cnc(N)c3c2-c2ccc(Oc3nccc(C)n3)c(Cl)c2)c(F)c1. The van der Waals surface area contributed by atoms with Crippen LogP contribution in [0.15, 0.2) is 79.4 Å². The predicted octanol–water partition coefficient (Wildman–Crippen LogP) is 7.81. The summed E-state index contributed by atoms with van der Waals surface area (Å²) >= 11 is 8.10. The molecule has 6 aromatic rings. The average molecular weight is 626 g/mol. The molecule has 2 aromatic carbocycles. The number of nitrogens with zero attached hydrogens (tertiary/aromatic N) is 5. The number of hydrogen-bond acceptors (Lipinski definition) is 8. The number of nitrogens with two attached hydrogens (primary N) is 1. The molecule has 0 unspecified atom stereocenters. The fraction of sp³-hybridized carbons (Fsp3) is 0.0938. The van der Waals surface area contributed by atoms with E-state index in [4.69, 9.17) is 22.1 Å². The van der Waals surface area contributed by atoms with Gasteiger partial charge in [-0.1, -0.05) is 24.2 Å². The highest BCUT2D eigenvalue weighted by Crippen LogP contribution is 2.50. The first kappa shape index (κ1) is 29.0. The second kappa shape index (κ2) is 11.5. The van der Waals surface area contributed by atoms with E-state index >= 15 is 4.39 Å². The van der Waals surface area contributed by atoms with Crippen LogP contribution in [0.4, 0.5) is 15.9 Å². The van der Waals surface area contributed by atoms with Crippen molar-refractivity contribution in [3.8, 4) is 44.5 Å². The van der Waals surface area contributed by atoms with E-state index in [9.17, 15) is 4.79 Å². The van der Waals surface area contributed by atoms with Crippen LogP contribution in [0, 0.1) is 12.7 Å². The van der Waals surface area contributed by atoms with Crippen LogP contribution in [0.3, 0.4) is 0 Å². The summed E-state index contributed by atoms with van der Waals surface area (Å²) in [4.78, 5) is 25.7. The van der Waals surface area contributed by atoms with Crippen LogP contribution in [-0.4, -0.2) is 30.6 Å². The smallest absolute Gasteiger partial charge is 0.322 e. The number of nitrogen functional groups attached to an aromatic ring is 1. The number of hydrogen-bond donors (Lipinski definition) is 2. The molecule has 0 bridgehead atoms. The number of benzene rings is 2. The number of amides is 1. The highest BCUT2D eigenvalue weighted by Gasteiger charge is 2.24. The van der Waals surface area contributed by atoms with Crippen LogP contribution >= 0.6 is 22.9 Å². The zero-order valence-electron chi connectivity index (χ0n) is 23.9. The van der Waals surface area contributed by atoms with E-state index in [-0.39, 0.29) is 11.8 Å². The third kappa shape index (κ3) is 5.50. The first-order chi connectivity index (χ1) is 21.1. The zero-order valence-corrected chi connectivity index (χ0v) is 25.4. The molecule has 0 spiro atoms. The van der Waals surface area contributed by atoms with Crippen molar-refractivity contribution in [1.82, 2.24) is 24.7 Å². The highest BCUT2D eigenvalue weighted by molar-refractivity contribution is 7.23. The second-order valence-electron chi connectivity index (χ2n) is 10.1. The molecule has 4 heterocycles. The van der Waals surface area contributed by atoms with E-state index in [1.807, 2.05) is 26.2 Å². The Hall–Kier alpha value is -5.13. The Bertz CT molecular complexity index is 2110. The van der Waals surface area contributed by atoms with Crippen molar-refractivity contribution in [3.05, 3.63) is 95.9 Å². The van der Waals surface area contributed by atoms with Gasteiger partial charge in [-0.2, -0.15) is 5.10 Å². The monoisotopic (exact) mass is 625 g/mol. The van der Waals surface area contributed by atoms with E-state index in [1.54, 1.807) is 60.5 Å². The maximum Gasteiger partial charge on any atom is 0.322 e. The van der Waals surface area contributed by atoms with Crippen LogP contribution in [0.1, 0.15) is 12.6 Å². The third-order valence-corrected chi connectivity index (χ3v) is 8.36. The van der Waals surface area contributed by atoms with E-state index in [2.05, 4.69) is 31.9 Å². The molecule has 220 valence electrons. The molecule has 12 heteroatoms. The number of carbonyl (C=O) groups is 1. The Kier molecular flexibility index (Phi) is 7.58. The summed E-state index contributed by atoms with van der Waals surface area (Å²) < 4.78 is 24.2. The lowest BCUT2D eigenvalue weighted by Crippen LogP contribution is -2.11. The Morgan fingerprint density at radius 1 is 1.11 bits per heavy atom. The number of ether oxygens (including phenoxy) is 1. The van der Waals surface area contributed by atoms with Crippen LogP contribution in [0.5, 0.6) is 11.8 Å². The van der Waals surface area contributed by atoms with Gasteiger partial charge in [0.25, 0.3) is 5.91 Å². The normalized spacial score (nSPS) is 11.1. The number of thiophene rings is 1. The number of halogens is 2. The number of fused-ring (bicyclic) bond motifs is 1. The number of aromatic nitrogens is 5. The van der Waals surface area contributed by atoms with Gasteiger partial charge < -0.3 is 15.8 Å². The lowest BCUT2D eigenvalue weighted by molar-refractivity contribution is -0.112. The van der Waals surface area contributed by atoms with E-state index in [0.29, 0.717) is 49.0 Å². The van der Waals surface area contributed by atoms with Gasteiger partial charge in [-0.25, -0.2) is 19.3 Å². The summed E-state index contributed by atoms with van der Waals surface area (Å²) in [6, 6.07) is 11.7. The van der Waals surface area contributed by atoms with Gasteiger partial charge in [0, 0.05) is 79.8 Å². The minimum absolute atomic E-state index is 0.164. The van der Waals surface area contributed by atoms with Gasteiger partial charge >= 0.3 is 6.01 Å². The largest absolute Gasteiger partial charge is 0.423 e. The topological polar surface area (TPSA) is 121 Å². The number of nitrogens with one attached hydrogen (secondary N) is 1. The third-order valence-electron chi connectivity index (χ3n) is 6.81. The molecular formula is C32H25ClFN7O2S. The van der Waals surface area contributed by atoms with Crippen molar-refractivity contribution in [2.75, 3.05) is 11.1 Å². The summed E-state index contributed by atoms with van der Waals surface area (Å²) in [7, 11) is 1.83. The number of pyridine rings is 1. The van der Waals surface area contributed by atoms with Gasteiger partial charge in [0.05, 0.1) is 11.2 Å².